The van der Waals surface area contributed by atoms with Crippen molar-refractivity contribution in [1.82, 2.24) is 9.97 Å². The summed E-state index contributed by atoms with van der Waals surface area (Å²) in [6, 6.07) is 6.63. The second-order valence-electron chi connectivity index (χ2n) is 4.73. The Morgan fingerprint density at radius 3 is 2.83 bits per heavy atom. The molecule has 0 amide bonds. The largest absolute Gasteiger partial charge is 0.432 e. The zero-order valence-electron chi connectivity index (χ0n) is 10.4. The van der Waals surface area contributed by atoms with E-state index in [2.05, 4.69) is 42.0 Å². The summed E-state index contributed by atoms with van der Waals surface area (Å²) in [5.41, 5.74) is 9.70. The van der Waals surface area contributed by atoms with Crippen LogP contribution in [0, 0.1) is 0 Å². The van der Waals surface area contributed by atoms with Crippen LogP contribution in [0.15, 0.2) is 35.1 Å². The van der Waals surface area contributed by atoms with Crippen LogP contribution in [0.5, 0.6) is 0 Å². The van der Waals surface area contributed by atoms with Crippen LogP contribution in [-0.4, -0.2) is 9.97 Å². The fraction of sp³-hybridized carbons (Fsp3) is 0.214. The number of benzene rings is 1. The molecule has 4 heteroatoms. The summed E-state index contributed by atoms with van der Waals surface area (Å²) in [6.07, 6.45) is 3.51. The number of hydrogen-bond acceptors (Lipinski definition) is 3. The highest BCUT2D eigenvalue weighted by atomic mass is 16.4. The van der Waals surface area contributed by atoms with E-state index in [1.165, 1.54) is 5.56 Å². The Morgan fingerprint density at radius 2 is 2.17 bits per heavy atom. The van der Waals surface area contributed by atoms with Crippen molar-refractivity contribution in [2.75, 3.05) is 5.73 Å². The van der Waals surface area contributed by atoms with Gasteiger partial charge in [-0.2, -0.15) is 4.98 Å². The molecule has 0 radical (unpaired) electrons. The summed E-state index contributed by atoms with van der Waals surface area (Å²) >= 11 is 0. The number of oxazole rings is 1. The van der Waals surface area contributed by atoms with Gasteiger partial charge in [-0.05, 0) is 17.5 Å². The van der Waals surface area contributed by atoms with Crippen molar-refractivity contribution in [3.05, 3.63) is 36.2 Å². The predicted molar refractivity (Wildman–Crippen MR) is 72.3 cm³/mol. The molecule has 18 heavy (non-hydrogen) atoms. The first-order chi connectivity index (χ1) is 8.65. The second kappa shape index (κ2) is 3.91. The van der Waals surface area contributed by atoms with Crippen molar-refractivity contribution in [3.63, 3.8) is 0 Å². The maximum absolute atomic E-state index is 5.50. The minimum Gasteiger partial charge on any atom is -0.432 e. The van der Waals surface area contributed by atoms with Crippen LogP contribution in [0.3, 0.4) is 0 Å². The third-order valence-electron chi connectivity index (χ3n) is 3.17. The first kappa shape index (κ1) is 10.9. The van der Waals surface area contributed by atoms with Gasteiger partial charge < -0.3 is 15.1 Å². The zero-order chi connectivity index (χ0) is 12.7. The molecule has 0 aliphatic heterocycles. The standard InChI is InChI=1S/C14H15N3O/c1-8(2)9-3-4-10-11(6-16-12(10)5-9)13-7-18-14(15)17-13/h3-8,16H,1-2H3,(H2,15,17). The molecule has 0 saturated heterocycles. The lowest BCUT2D eigenvalue weighted by Gasteiger charge is -2.04. The molecular formula is C14H15N3O. The van der Waals surface area contributed by atoms with Gasteiger partial charge in [0.1, 0.15) is 12.0 Å². The first-order valence-corrected chi connectivity index (χ1v) is 5.97. The molecule has 0 aliphatic carbocycles. The third-order valence-corrected chi connectivity index (χ3v) is 3.17. The van der Waals surface area contributed by atoms with Crippen molar-refractivity contribution in [2.45, 2.75) is 19.8 Å². The predicted octanol–water partition coefficient (Wildman–Crippen LogP) is 3.53. The number of aromatic amines is 1. The average Bonchev–Trinajstić information content (AvgIpc) is 2.93. The van der Waals surface area contributed by atoms with Crippen molar-refractivity contribution < 1.29 is 4.42 Å². The van der Waals surface area contributed by atoms with E-state index in [0.29, 0.717) is 5.92 Å². The first-order valence-electron chi connectivity index (χ1n) is 5.97. The molecule has 0 aliphatic rings. The molecule has 0 fully saturated rings. The lowest BCUT2D eigenvalue weighted by atomic mass is 10.0. The molecule has 0 bridgehead atoms. The Hall–Kier alpha value is -2.23. The summed E-state index contributed by atoms with van der Waals surface area (Å²) < 4.78 is 5.05. The molecular weight excluding hydrogens is 226 g/mol. The van der Waals surface area contributed by atoms with Gasteiger partial charge in [0, 0.05) is 22.7 Å². The van der Waals surface area contributed by atoms with E-state index < -0.39 is 0 Å². The number of H-pyrrole nitrogens is 1. The van der Waals surface area contributed by atoms with Gasteiger partial charge in [-0.25, -0.2) is 0 Å². The van der Waals surface area contributed by atoms with Crippen LogP contribution in [-0.2, 0) is 0 Å². The van der Waals surface area contributed by atoms with Crippen LogP contribution in [0.25, 0.3) is 22.2 Å². The second-order valence-corrected chi connectivity index (χ2v) is 4.73. The molecule has 92 valence electrons. The summed E-state index contributed by atoms with van der Waals surface area (Å²) in [5, 5.41) is 1.13. The van der Waals surface area contributed by atoms with Crippen molar-refractivity contribution in [3.8, 4) is 11.3 Å². The molecule has 0 atom stereocenters. The zero-order valence-corrected chi connectivity index (χ0v) is 10.4. The maximum atomic E-state index is 5.50. The van der Waals surface area contributed by atoms with Gasteiger partial charge in [0.15, 0.2) is 0 Å². The smallest absolute Gasteiger partial charge is 0.292 e. The van der Waals surface area contributed by atoms with Crippen LogP contribution >= 0.6 is 0 Å². The number of nitrogen functional groups attached to an aromatic ring is 1. The molecule has 2 aromatic heterocycles. The lowest BCUT2D eigenvalue weighted by molar-refractivity contribution is 0.581. The van der Waals surface area contributed by atoms with E-state index in [0.717, 1.165) is 22.2 Å². The number of aromatic nitrogens is 2. The maximum Gasteiger partial charge on any atom is 0.292 e. The SMILES string of the molecule is CC(C)c1ccc2c(-c3coc(N)n3)c[nH]c2c1. The van der Waals surface area contributed by atoms with Gasteiger partial charge in [-0.3, -0.25) is 0 Å². The lowest BCUT2D eigenvalue weighted by Crippen LogP contribution is -1.86. The monoisotopic (exact) mass is 241 g/mol. The number of fused-ring (bicyclic) bond motifs is 1. The molecule has 0 spiro atoms. The van der Waals surface area contributed by atoms with Crippen molar-refractivity contribution >= 4 is 16.9 Å². The van der Waals surface area contributed by atoms with Crippen molar-refractivity contribution in [1.29, 1.82) is 0 Å². The summed E-state index contributed by atoms with van der Waals surface area (Å²) in [7, 11) is 0. The molecule has 1 aromatic carbocycles. The van der Waals surface area contributed by atoms with Gasteiger partial charge in [-0.1, -0.05) is 26.0 Å². The van der Waals surface area contributed by atoms with Gasteiger partial charge in [0.25, 0.3) is 6.01 Å². The molecule has 3 rings (SSSR count). The van der Waals surface area contributed by atoms with E-state index in [1.807, 2.05) is 6.20 Å². The van der Waals surface area contributed by atoms with E-state index in [1.54, 1.807) is 6.26 Å². The summed E-state index contributed by atoms with van der Waals surface area (Å²) in [5.74, 6) is 0.517. The molecule has 0 saturated carbocycles. The fourth-order valence-electron chi connectivity index (χ4n) is 2.13. The molecule has 4 nitrogen and oxygen atoms in total. The Morgan fingerprint density at radius 1 is 1.33 bits per heavy atom. The Balaban J connectivity index is 2.15. The normalized spacial score (nSPS) is 11.5. The van der Waals surface area contributed by atoms with Crippen LogP contribution < -0.4 is 5.73 Å². The average molecular weight is 241 g/mol. The number of nitrogens with one attached hydrogen (secondary N) is 1. The Kier molecular flexibility index (Phi) is 2.37. The molecule has 3 aromatic rings. The van der Waals surface area contributed by atoms with E-state index in [-0.39, 0.29) is 6.01 Å². The van der Waals surface area contributed by atoms with E-state index >= 15 is 0 Å². The highest BCUT2D eigenvalue weighted by molar-refractivity contribution is 5.94. The highest BCUT2D eigenvalue weighted by Gasteiger charge is 2.11. The quantitative estimate of drug-likeness (QED) is 0.721. The van der Waals surface area contributed by atoms with Crippen LogP contribution in [0.4, 0.5) is 6.01 Å². The highest BCUT2D eigenvalue weighted by Crippen LogP contribution is 2.30. The third kappa shape index (κ3) is 1.66. The fourth-order valence-corrected chi connectivity index (χ4v) is 2.13. The van der Waals surface area contributed by atoms with Gasteiger partial charge in [0.05, 0.1) is 0 Å². The summed E-state index contributed by atoms with van der Waals surface area (Å²) in [6.45, 7) is 4.37. The Bertz CT molecular complexity index is 694. The molecule has 2 heterocycles. The van der Waals surface area contributed by atoms with Crippen molar-refractivity contribution in [2.24, 2.45) is 0 Å². The minimum atomic E-state index is 0.193. The number of rotatable bonds is 2. The van der Waals surface area contributed by atoms with E-state index in [4.69, 9.17) is 10.2 Å². The minimum absolute atomic E-state index is 0.193. The number of nitrogens with zero attached hydrogens (tertiary/aromatic N) is 1. The van der Waals surface area contributed by atoms with Gasteiger partial charge in [0.2, 0.25) is 0 Å². The van der Waals surface area contributed by atoms with E-state index in [9.17, 15) is 0 Å². The molecule has 0 unspecified atom stereocenters. The van der Waals surface area contributed by atoms with Crippen LogP contribution in [0.1, 0.15) is 25.3 Å². The summed E-state index contributed by atoms with van der Waals surface area (Å²) in [4.78, 5) is 7.42. The number of anilines is 1. The van der Waals surface area contributed by atoms with Crippen LogP contribution in [0.2, 0.25) is 0 Å². The number of hydrogen-bond donors (Lipinski definition) is 2. The topological polar surface area (TPSA) is 67.8 Å². The van der Waals surface area contributed by atoms with Gasteiger partial charge >= 0.3 is 0 Å². The Labute approximate surface area is 105 Å². The molecule has 3 N–H and O–H groups in total. The number of nitrogens with two attached hydrogens (primary N) is 1. The van der Waals surface area contributed by atoms with Gasteiger partial charge in [-0.15, -0.1) is 0 Å².